The Morgan fingerprint density at radius 1 is 1.12 bits per heavy atom. The summed E-state index contributed by atoms with van der Waals surface area (Å²) in [4.78, 5) is 22.7. The second-order valence-corrected chi connectivity index (χ2v) is 7.51. The third kappa shape index (κ3) is 6.14. The van der Waals surface area contributed by atoms with Crippen molar-refractivity contribution < 1.29 is 19.2 Å². The Hall–Kier alpha value is -3.72. The van der Waals surface area contributed by atoms with Crippen LogP contribution in [-0.4, -0.2) is 24.2 Å². The molecular weight excluding hydrogens is 478 g/mol. The van der Waals surface area contributed by atoms with Crippen LogP contribution in [0.3, 0.4) is 0 Å². The maximum atomic E-state index is 12.2. The van der Waals surface area contributed by atoms with Crippen LogP contribution in [0.4, 0.5) is 5.69 Å². The fraction of sp³-hybridized carbons (Fsp3) is 0.130. The zero-order valence-corrected chi connectivity index (χ0v) is 18.7. The first-order valence-corrected chi connectivity index (χ1v) is 10.4. The number of para-hydroxylation sites is 1. The van der Waals surface area contributed by atoms with Gasteiger partial charge >= 0.3 is 0 Å². The van der Waals surface area contributed by atoms with E-state index in [1.54, 1.807) is 24.3 Å². The Balaban J connectivity index is 1.65. The number of hydrogen-bond acceptors (Lipinski definition) is 6. The number of nitro groups is 1. The molecule has 0 bridgehead atoms. The van der Waals surface area contributed by atoms with Crippen molar-refractivity contribution in [3.05, 3.63) is 98.0 Å². The number of ether oxygens (including phenoxy) is 2. The number of benzene rings is 3. The molecule has 3 aromatic rings. The van der Waals surface area contributed by atoms with Crippen molar-refractivity contribution in [2.75, 3.05) is 7.11 Å². The molecule has 0 aliphatic heterocycles. The summed E-state index contributed by atoms with van der Waals surface area (Å²) in [6.07, 6.45) is 1.29. The second-order valence-electron chi connectivity index (χ2n) is 6.65. The summed E-state index contributed by atoms with van der Waals surface area (Å²) in [6, 6.07) is 19.3. The van der Waals surface area contributed by atoms with Gasteiger partial charge in [0.2, 0.25) is 5.91 Å². The molecule has 0 aromatic heterocycles. The van der Waals surface area contributed by atoms with Gasteiger partial charge in [0.1, 0.15) is 6.61 Å². The Bertz CT molecular complexity index is 1140. The smallest absolute Gasteiger partial charge is 0.273 e. The summed E-state index contributed by atoms with van der Waals surface area (Å²) in [5.41, 5.74) is 4.27. The lowest BCUT2D eigenvalue weighted by Gasteiger charge is -2.12. The number of hydrogen-bond donors (Lipinski definition) is 1. The molecule has 0 aliphatic rings. The topological polar surface area (TPSA) is 103 Å². The lowest BCUT2D eigenvalue weighted by atomic mass is 10.1. The minimum absolute atomic E-state index is 0.106. The third-order valence-electron chi connectivity index (χ3n) is 4.45. The molecule has 164 valence electrons. The lowest BCUT2D eigenvalue weighted by Crippen LogP contribution is -2.20. The van der Waals surface area contributed by atoms with Gasteiger partial charge in [-0.15, -0.1) is 0 Å². The van der Waals surface area contributed by atoms with Crippen molar-refractivity contribution in [1.29, 1.82) is 0 Å². The minimum atomic E-state index is -0.517. The molecule has 0 fully saturated rings. The van der Waals surface area contributed by atoms with Gasteiger partial charge in [-0.3, -0.25) is 14.9 Å². The van der Waals surface area contributed by atoms with Gasteiger partial charge < -0.3 is 9.47 Å². The van der Waals surface area contributed by atoms with Crippen LogP contribution in [0.1, 0.15) is 16.7 Å². The zero-order valence-electron chi connectivity index (χ0n) is 17.2. The van der Waals surface area contributed by atoms with Crippen molar-refractivity contribution in [2.24, 2.45) is 5.10 Å². The number of carbonyl (C=O) groups is 1. The second kappa shape index (κ2) is 11.1. The molecule has 8 nitrogen and oxygen atoms in total. The standard InChI is InChI=1S/C23H20BrN3O5/c1-31-21-11-18(19(24)13-22(21)32-15-16-7-3-2-4-8-16)14-25-26-23(28)12-17-9-5-6-10-20(17)27(29)30/h2-11,13-14H,12,15H2,1H3,(H,26,28). The highest BCUT2D eigenvalue weighted by atomic mass is 79.9. The van der Waals surface area contributed by atoms with Gasteiger partial charge in [0, 0.05) is 21.7 Å². The van der Waals surface area contributed by atoms with E-state index in [0.717, 1.165) is 5.56 Å². The highest BCUT2D eigenvalue weighted by Gasteiger charge is 2.15. The van der Waals surface area contributed by atoms with Crippen LogP contribution in [0.25, 0.3) is 0 Å². The first-order chi connectivity index (χ1) is 15.5. The van der Waals surface area contributed by atoms with Crippen LogP contribution in [0, 0.1) is 10.1 Å². The number of nitro benzene ring substituents is 1. The Morgan fingerprint density at radius 3 is 2.56 bits per heavy atom. The molecule has 0 saturated heterocycles. The summed E-state index contributed by atoms with van der Waals surface area (Å²) in [5.74, 6) is 0.596. The summed E-state index contributed by atoms with van der Waals surface area (Å²) in [6.45, 7) is 0.388. The van der Waals surface area contributed by atoms with Crippen LogP contribution in [-0.2, 0) is 17.8 Å². The molecule has 1 amide bonds. The minimum Gasteiger partial charge on any atom is -0.493 e. The largest absolute Gasteiger partial charge is 0.493 e. The van der Waals surface area contributed by atoms with Crippen molar-refractivity contribution in [3.63, 3.8) is 0 Å². The van der Waals surface area contributed by atoms with E-state index in [1.807, 2.05) is 30.3 Å². The number of carbonyl (C=O) groups excluding carboxylic acids is 1. The number of nitrogens with zero attached hydrogens (tertiary/aromatic N) is 2. The van der Waals surface area contributed by atoms with E-state index < -0.39 is 10.8 Å². The molecule has 3 aromatic carbocycles. The predicted octanol–water partition coefficient (Wildman–Crippen LogP) is 4.64. The maximum absolute atomic E-state index is 12.2. The van der Waals surface area contributed by atoms with E-state index in [9.17, 15) is 14.9 Å². The number of halogens is 1. The Morgan fingerprint density at radius 2 is 1.84 bits per heavy atom. The first kappa shape index (κ1) is 23.0. The van der Waals surface area contributed by atoms with Gasteiger partial charge in [0.25, 0.3) is 5.69 Å². The van der Waals surface area contributed by atoms with Gasteiger partial charge in [-0.05, 0) is 33.6 Å². The Labute approximate surface area is 193 Å². The van der Waals surface area contributed by atoms with Crippen molar-refractivity contribution in [1.82, 2.24) is 5.43 Å². The van der Waals surface area contributed by atoms with Crippen molar-refractivity contribution >= 4 is 33.7 Å². The quantitative estimate of drug-likeness (QED) is 0.263. The van der Waals surface area contributed by atoms with Gasteiger partial charge in [-0.1, -0.05) is 48.5 Å². The number of nitrogens with one attached hydrogen (secondary N) is 1. The number of amides is 1. The average molecular weight is 498 g/mol. The summed E-state index contributed by atoms with van der Waals surface area (Å²) in [7, 11) is 1.54. The summed E-state index contributed by atoms with van der Waals surface area (Å²) < 4.78 is 12.0. The predicted molar refractivity (Wildman–Crippen MR) is 124 cm³/mol. The number of hydrazone groups is 1. The van der Waals surface area contributed by atoms with Gasteiger partial charge in [-0.25, -0.2) is 5.43 Å². The van der Waals surface area contributed by atoms with Crippen LogP contribution < -0.4 is 14.9 Å². The van der Waals surface area contributed by atoms with E-state index in [2.05, 4.69) is 26.5 Å². The lowest BCUT2D eigenvalue weighted by molar-refractivity contribution is -0.385. The van der Waals surface area contributed by atoms with Gasteiger partial charge in [0.15, 0.2) is 11.5 Å². The van der Waals surface area contributed by atoms with Crippen molar-refractivity contribution in [2.45, 2.75) is 13.0 Å². The highest BCUT2D eigenvalue weighted by molar-refractivity contribution is 9.10. The molecule has 0 radical (unpaired) electrons. The molecule has 0 spiro atoms. The fourth-order valence-corrected chi connectivity index (χ4v) is 3.31. The molecule has 0 atom stereocenters. The molecule has 1 N–H and O–H groups in total. The average Bonchev–Trinajstić information content (AvgIpc) is 2.79. The Kier molecular flexibility index (Phi) is 7.93. The summed E-state index contributed by atoms with van der Waals surface area (Å²) >= 11 is 3.47. The molecular formula is C23H20BrN3O5. The molecule has 32 heavy (non-hydrogen) atoms. The maximum Gasteiger partial charge on any atom is 0.273 e. The van der Waals surface area contributed by atoms with Crippen LogP contribution in [0.15, 0.2) is 76.3 Å². The van der Waals surface area contributed by atoms with Crippen LogP contribution in [0.2, 0.25) is 0 Å². The van der Waals surface area contributed by atoms with E-state index in [4.69, 9.17) is 9.47 Å². The third-order valence-corrected chi connectivity index (χ3v) is 5.14. The monoisotopic (exact) mass is 497 g/mol. The number of methoxy groups -OCH3 is 1. The van der Waals surface area contributed by atoms with Crippen molar-refractivity contribution in [3.8, 4) is 11.5 Å². The molecule has 0 saturated carbocycles. The highest BCUT2D eigenvalue weighted by Crippen LogP contribution is 2.33. The van der Waals surface area contributed by atoms with E-state index in [-0.39, 0.29) is 12.1 Å². The molecule has 0 unspecified atom stereocenters. The van der Waals surface area contributed by atoms with E-state index in [0.29, 0.717) is 33.7 Å². The molecule has 0 heterocycles. The molecule has 9 heteroatoms. The summed E-state index contributed by atoms with van der Waals surface area (Å²) in [5, 5.41) is 15.0. The zero-order chi connectivity index (χ0) is 22.9. The van der Waals surface area contributed by atoms with E-state index >= 15 is 0 Å². The first-order valence-electron chi connectivity index (χ1n) is 9.56. The van der Waals surface area contributed by atoms with Crippen LogP contribution >= 0.6 is 15.9 Å². The van der Waals surface area contributed by atoms with Gasteiger partial charge in [0.05, 0.1) is 24.7 Å². The molecule has 0 aliphatic carbocycles. The van der Waals surface area contributed by atoms with Crippen LogP contribution in [0.5, 0.6) is 11.5 Å². The van der Waals surface area contributed by atoms with E-state index in [1.165, 1.54) is 25.5 Å². The normalized spacial score (nSPS) is 10.7. The fourth-order valence-electron chi connectivity index (χ4n) is 2.88. The SMILES string of the molecule is COc1cc(C=NNC(=O)Cc2ccccc2[N+](=O)[O-])c(Br)cc1OCc1ccccc1. The molecule has 3 rings (SSSR count). The number of rotatable bonds is 9. The van der Waals surface area contributed by atoms with Gasteiger partial charge in [-0.2, -0.15) is 5.10 Å².